The van der Waals surface area contributed by atoms with E-state index < -0.39 is 0 Å². The van der Waals surface area contributed by atoms with E-state index in [1.165, 1.54) is 0 Å². The van der Waals surface area contributed by atoms with Crippen molar-refractivity contribution >= 4 is 5.91 Å². The van der Waals surface area contributed by atoms with Gasteiger partial charge in [-0.25, -0.2) is 0 Å². The van der Waals surface area contributed by atoms with Crippen LogP contribution in [0.3, 0.4) is 0 Å². The molecule has 1 aliphatic carbocycles. The maximum atomic E-state index is 12.4. The Morgan fingerprint density at radius 1 is 1.55 bits per heavy atom. The van der Waals surface area contributed by atoms with Gasteiger partial charge in [-0.3, -0.25) is 9.48 Å². The van der Waals surface area contributed by atoms with Gasteiger partial charge in [0.1, 0.15) is 0 Å². The SMILES string of the molecule is Cc1nn(C)cc1C(C)NC(=O)C1CC12CCNCC2. The number of hydrogen-bond donors (Lipinski definition) is 2. The molecule has 0 radical (unpaired) electrons. The Morgan fingerprint density at radius 3 is 2.85 bits per heavy atom. The third-order valence-corrected chi connectivity index (χ3v) is 4.98. The van der Waals surface area contributed by atoms with E-state index in [1.54, 1.807) is 4.68 Å². The minimum absolute atomic E-state index is 0.0376. The highest BCUT2D eigenvalue weighted by Gasteiger charge is 2.57. The van der Waals surface area contributed by atoms with Crippen molar-refractivity contribution < 1.29 is 4.79 Å². The Kier molecular flexibility index (Phi) is 3.32. The van der Waals surface area contributed by atoms with Gasteiger partial charge in [0, 0.05) is 24.7 Å². The molecule has 1 aromatic rings. The highest BCUT2D eigenvalue weighted by atomic mass is 16.2. The smallest absolute Gasteiger partial charge is 0.224 e. The molecule has 1 aromatic heterocycles. The van der Waals surface area contributed by atoms with Crippen molar-refractivity contribution in [1.29, 1.82) is 0 Å². The molecule has 5 nitrogen and oxygen atoms in total. The summed E-state index contributed by atoms with van der Waals surface area (Å²) in [6, 6.07) is 0.0376. The number of rotatable bonds is 3. The standard InChI is InChI=1S/C15H24N4O/c1-10(12-9-19(3)18-11(12)2)17-14(20)13-8-15(13)4-6-16-7-5-15/h9-10,13,16H,4-8H2,1-3H3,(H,17,20). The van der Waals surface area contributed by atoms with Crippen LogP contribution in [0.4, 0.5) is 0 Å². The second-order valence-corrected chi connectivity index (χ2v) is 6.44. The number of amides is 1. The minimum atomic E-state index is 0.0376. The average molecular weight is 276 g/mol. The number of carbonyl (C=O) groups excluding carboxylic acids is 1. The van der Waals surface area contributed by atoms with Crippen molar-refractivity contribution in [2.24, 2.45) is 18.4 Å². The predicted molar refractivity (Wildman–Crippen MR) is 77.1 cm³/mol. The first-order valence-corrected chi connectivity index (χ1v) is 7.53. The molecule has 1 amide bonds. The first-order chi connectivity index (χ1) is 9.52. The quantitative estimate of drug-likeness (QED) is 0.875. The van der Waals surface area contributed by atoms with Gasteiger partial charge in [0.05, 0.1) is 11.7 Å². The van der Waals surface area contributed by atoms with E-state index in [2.05, 4.69) is 15.7 Å². The number of piperidine rings is 1. The molecule has 1 saturated heterocycles. The summed E-state index contributed by atoms with van der Waals surface area (Å²) in [7, 11) is 1.91. The summed E-state index contributed by atoms with van der Waals surface area (Å²) in [5.74, 6) is 0.451. The van der Waals surface area contributed by atoms with Crippen LogP contribution in [-0.2, 0) is 11.8 Å². The largest absolute Gasteiger partial charge is 0.349 e. The van der Waals surface area contributed by atoms with Gasteiger partial charge in [0.25, 0.3) is 0 Å². The first-order valence-electron chi connectivity index (χ1n) is 7.53. The monoisotopic (exact) mass is 276 g/mol. The van der Waals surface area contributed by atoms with E-state index in [0.29, 0.717) is 5.41 Å². The van der Waals surface area contributed by atoms with E-state index >= 15 is 0 Å². The summed E-state index contributed by atoms with van der Waals surface area (Å²) in [6.07, 6.45) is 5.35. The van der Waals surface area contributed by atoms with Crippen LogP contribution >= 0.6 is 0 Å². The fourth-order valence-electron chi connectivity index (χ4n) is 3.63. The summed E-state index contributed by atoms with van der Waals surface area (Å²) in [5, 5.41) is 10.9. The maximum absolute atomic E-state index is 12.4. The molecule has 110 valence electrons. The van der Waals surface area contributed by atoms with E-state index in [1.807, 2.05) is 27.1 Å². The summed E-state index contributed by atoms with van der Waals surface area (Å²) in [5.41, 5.74) is 2.41. The maximum Gasteiger partial charge on any atom is 0.224 e. The number of nitrogens with zero attached hydrogens (tertiary/aromatic N) is 2. The molecule has 0 aromatic carbocycles. The normalized spacial score (nSPS) is 25.4. The first kappa shape index (κ1) is 13.6. The van der Waals surface area contributed by atoms with Gasteiger partial charge >= 0.3 is 0 Å². The molecule has 2 fully saturated rings. The zero-order valence-corrected chi connectivity index (χ0v) is 12.6. The molecule has 2 atom stereocenters. The van der Waals surface area contributed by atoms with E-state index in [9.17, 15) is 4.79 Å². The number of hydrogen-bond acceptors (Lipinski definition) is 3. The Hall–Kier alpha value is -1.36. The summed E-state index contributed by atoms with van der Waals surface area (Å²) < 4.78 is 1.80. The molecule has 1 aliphatic heterocycles. The van der Waals surface area contributed by atoms with Crippen LogP contribution in [0.25, 0.3) is 0 Å². The number of aryl methyl sites for hydroxylation is 2. The summed E-state index contributed by atoms with van der Waals surface area (Å²) >= 11 is 0. The molecule has 5 heteroatoms. The van der Waals surface area contributed by atoms with Gasteiger partial charge in [-0.05, 0) is 51.6 Å². The van der Waals surface area contributed by atoms with Gasteiger partial charge in [-0.1, -0.05) is 0 Å². The molecule has 2 aliphatic rings. The van der Waals surface area contributed by atoms with Crippen molar-refractivity contribution in [1.82, 2.24) is 20.4 Å². The average Bonchev–Trinajstić information content (AvgIpc) is 2.98. The van der Waals surface area contributed by atoms with Gasteiger partial charge in [-0.15, -0.1) is 0 Å². The lowest BCUT2D eigenvalue weighted by molar-refractivity contribution is -0.123. The number of nitrogens with one attached hydrogen (secondary N) is 2. The van der Waals surface area contributed by atoms with Crippen LogP contribution in [-0.4, -0.2) is 28.8 Å². The van der Waals surface area contributed by atoms with Crippen molar-refractivity contribution in [2.45, 2.75) is 39.2 Å². The predicted octanol–water partition coefficient (Wildman–Crippen LogP) is 1.30. The topological polar surface area (TPSA) is 59.0 Å². The Labute approximate surface area is 120 Å². The van der Waals surface area contributed by atoms with Crippen LogP contribution in [0.15, 0.2) is 6.20 Å². The second kappa shape index (κ2) is 4.88. The van der Waals surface area contributed by atoms with Gasteiger partial charge in [0.2, 0.25) is 5.91 Å². The lowest BCUT2D eigenvalue weighted by Gasteiger charge is -2.23. The number of carbonyl (C=O) groups is 1. The van der Waals surface area contributed by atoms with E-state index in [0.717, 1.165) is 43.6 Å². The van der Waals surface area contributed by atoms with Crippen molar-refractivity contribution in [3.63, 3.8) is 0 Å². The van der Waals surface area contributed by atoms with Crippen LogP contribution in [0.1, 0.15) is 43.5 Å². The molecule has 2 N–H and O–H groups in total. The summed E-state index contributed by atoms with van der Waals surface area (Å²) in [6.45, 7) is 6.14. The lowest BCUT2D eigenvalue weighted by Crippen LogP contribution is -2.34. The van der Waals surface area contributed by atoms with Crippen LogP contribution in [0.2, 0.25) is 0 Å². The van der Waals surface area contributed by atoms with E-state index in [4.69, 9.17) is 0 Å². The molecule has 3 rings (SSSR count). The molecule has 1 spiro atoms. The molecular formula is C15H24N4O. The third-order valence-electron chi connectivity index (χ3n) is 4.98. The molecular weight excluding hydrogens is 252 g/mol. The Balaban J connectivity index is 1.61. The highest BCUT2D eigenvalue weighted by molar-refractivity contribution is 5.83. The molecule has 20 heavy (non-hydrogen) atoms. The van der Waals surface area contributed by atoms with Crippen molar-refractivity contribution in [2.75, 3.05) is 13.1 Å². The van der Waals surface area contributed by atoms with Crippen LogP contribution in [0.5, 0.6) is 0 Å². The zero-order chi connectivity index (χ0) is 14.3. The van der Waals surface area contributed by atoms with Gasteiger partial charge < -0.3 is 10.6 Å². The zero-order valence-electron chi connectivity index (χ0n) is 12.6. The van der Waals surface area contributed by atoms with Crippen LogP contribution in [0, 0.1) is 18.3 Å². The summed E-state index contributed by atoms with van der Waals surface area (Å²) in [4.78, 5) is 12.4. The lowest BCUT2D eigenvalue weighted by atomic mass is 9.91. The number of aromatic nitrogens is 2. The van der Waals surface area contributed by atoms with Gasteiger partial charge in [-0.2, -0.15) is 5.10 Å². The van der Waals surface area contributed by atoms with Crippen molar-refractivity contribution in [3.8, 4) is 0 Å². The van der Waals surface area contributed by atoms with E-state index in [-0.39, 0.29) is 17.9 Å². The molecule has 1 saturated carbocycles. The highest BCUT2D eigenvalue weighted by Crippen LogP contribution is 2.58. The van der Waals surface area contributed by atoms with Gasteiger partial charge in [0.15, 0.2) is 0 Å². The van der Waals surface area contributed by atoms with Crippen molar-refractivity contribution in [3.05, 3.63) is 17.5 Å². The molecule has 0 bridgehead atoms. The fraction of sp³-hybridized carbons (Fsp3) is 0.733. The Bertz CT molecular complexity index is 516. The third kappa shape index (κ3) is 2.35. The second-order valence-electron chi connectivity index (χ2n) is 6.44. The minimum Gasteiger partial charge on any atom is -0.349 e. The molecule has 2 unspecified atom stereocenters. The van der Waals surface area contributed by atoms with Crippen LogP contribution < -0.4 is 10.6 Å². The molecule has 2 heterocycles. The Morgan fingerprint density at radius 2 is 2.25 bits per heavy atom. The fourth-order valence-corrected chi connectivity index (χ4v) is 3.63.